The highest BCUT2D eigenvalue weighted by Crippen LogP contribution is 2.12. The van der Waals surface area contributed by atoms with Crippen LogP contribution in [0.15, 0.2) is 22.8 Å². The van der Waals surface area contributed by atoms with E-state index in [1.807, 2.05) is 0 Å². The van der Waals surface area contributed by atoms with Crippen LogP contribution in [0.1, 0.15) is 16.9 Å². The van der Waals surface area contributed by atoms with Gasteiger partial charge in [-0.3, -0.25) is 9.63 Å². The molecule has 1 amide bonds. The zero-order valence-corrected chi connectivity index (χ0v) is 9.03. The summed E-state index contributed by atoms with van der Waals surface area (Å²) in [6.07, 6.45) is 0.889. The van der Waals surface area contributed by atoms with Gasteiger partial charge in [0.25, 0.3) is 5.91 Å². The fraction of sp³-hybridized carbons (Fsp3) is 0.333. The molecule has 2 heterocycles. The van der Waals surface area contributed by atoms with Crippen molar-refractivity contribution in [3.63, 3.8) is 0 Å². The first kappa shape index (κ1) is 9.61. The zero-order valence-electron chi connectivity index (χ0n) is 7.44. The number of hydrogen-bond donors (Lipinski definition) is 0. The van der Waals surface area contributed by atoms with E-state index >= 15 is 0 Å². The first-order valence-corrected chi connectivity index (χ1v) is 5.14. The molecule has 1 fully saturated rings. The van der Waals surface area contributed by atoms with Gasteiger partial charge in [-0.05, 0) is 34.5 Å². The molecule has 0 bridgehead atoms. The Hall–Kier alpha value is -0.940. The van der Waals surface area contributed by atoms with Gasteiger partial charge in [-0.15, -0.1) is 0 Å². The van der Waals surface area contributed by atoms with E-state index in [1.54, 1.807) is 18.2 Å². The van der Waals surface area contributed by atoms with E-state index in [0.29, 0.717) is 23.4 Å². The largest absolute Gasteiger partial charge is 0.296 e. The van der Waals surface area contributed by atoms with E-state index in [9.17, 15) is 4.79 Å². The molecule has 0 N–H and O–H groups in total. The molecule has 0 atom stereocenters. The Morgan fingerprint density at radius 3 is 3.07 bits per heavy atom. The summed E-state index contributed by atoms with van der Waals surface area (Å²) < 4.78 is 0.655. The molecule has 0 aromatic carbocycles. The molecule has 0 radical (unpaired) electrons. The number of carbonyl (C=O) groups excluding carboxylic acids is 1. The quantitative estimate of drug-likeness (QED) is 0.718. The minimum absolute atomic E-state index is 0.177. The van der Waals surface area contributed by atoms with Crippen molar-refractivity contribution in [2.75, 3.05) is 13.2 Å². The summed E-state index contributed by atoms with van der Waals surface area (Å²) in [5, 5.41) is 1.36. The van der Waals surface area contributed by atoms with Crippen LogP contribution in [0.3, 0.4) is 0 Å². The molecule has 5 heteroatoms. The highest BCUT2D eigenvalue weighted by molar-refractivity contribution is 9.10. The predicted octanol–water partition coefficient (Wildman–Crippen LogP) is 1.62. The number of aromatic nitrogens is 1. The number of pyridine rings is 1. The summed E-state index contributed by atoms with van der Waals surface area (Å²) in [6, 6.07) is 5.23. The Balaban J connectivity index is 2.17. The molecule has 2 rings (SSSR count). The average molecular weight is 257 g/mol. The number of carbonyl (C=O) groups is 1. The monoisotopic (exact) mass is 256 g/mol. The summed E-state index contributed by atoms with van der Waals surface area (Å²) in [5.41, 5.74) is 0.404. The fourth-order valence-corrected chi connectivity index (χ4v) is 1.61. The molecule has 1 aliphatic rings. The van der Waals surface area contributed by atoms with Gasteiger partial charge in [0.2, 0.25) is 0 Å². The predicted molar refractivity (Wildman–Crippen MR) is 53.5 cm³/mol. The third-order valence-electron chi connectivity index (χ3n) is 1.91. The minimum atomic E-state index is -0.177. The lowest BCUT2D eigenvalue weighted by Gasteiger charge is -2.12. The molecular weight excluding hydrogens is 248 g/mol. The van der Waals surface area contributed by atoms with Crippen LogP contribution in [0.4, 0.5) is 0 Å². The molecule has 0 unspecified atom stereocenters. The Morgan fingerprint density at radius 1 is 1.57 bits per heavy atom. The molecule has 74 valence electrons. The Kier molecular flexibility index (Phi) is 2.79. The summed E-state index contributed by atoms with van der Waals surface area (Å²) in [4.78, 5) is 20.9. The average Bonchev–Trinajstić information content (AvgIpc) is 2.69. The topological polar surface area (TPSA) is 42.4 Å². The molecular formula is C9H9BrN2O2. The Labute approximate surface area is 90.0 Å². The second-order valence-corrected chi connectivity index (χ2v) is 3.75. The van der Waals surface area contributed by atoms with E-state index in [0.717, 1.165) is 6.42 Å². The smallest absolute Gasteiger partial charge is 0.271 e. The normalized spacial score (nSPS) is 15.9. The molecule has 4 nitrogen and oxygen atoms in total. The Bertz CT molecular complexity index is 350. The first-order chi connectivity index (χ1) is 6.77. The van der Waals surface area contributed by atoms with Gasteiger partial charge in [0.1, 0.15) is 10.3 Å². The van der Waals surface area contributed by atoms with Crippen molar-refractivity contribution in [3.05, 3.63) is 28.5 Å². The van der Waals surface area contributed by atoms with Crippen molar-refractivity contribution in [3.8, 4) is 0 Å². The van der Waals surface area contributed by atoms with Gasteiger partial charge >= 0.3 is 0 Å². The zero-order chi connectivity index (χ0) is 9.97. The standard InChI is InChI=1S/C9H9BrN2O2/c10-8-4-1-3-7(11-8)9(13)12-5-2-6-14-12/h1,3-4H,2,5-6H2. The summed E-state index contributed by atoms with van der Waals surface area (Å²) in [5.74, 6) is -0.177. The molecule has 0 aliphatic carbocycles. The van der Waals surface area contributed by atoms with Gasteiger partial charge in [-0.2, -0.15) is 0 Å². The lowest BCUT2D eigenvalue weighted by molar-refractivity contribution is -0.0771. The van der Waals surface area contributed by atoms with Gasteiger partial charge in [-0.25, -0.2) is 10.0 Å². The fourth-order valence-electron chi connectivity index (χ4n) is 1.26. The van der Waals surface area contributed by atoms with Crippen LogP contribution >= 0.6 is 15.9 Å². The maximum atomic E-state index is 11.7. The maximum Gasteiger partial charge on any atom is 0.296 e. The highest BCUT2D eigenvalue weighted by atomic mass is 79.9. The van der Waals surface area contributed by atoms with Crippen molar-refractivity contribution < 1.29 is 9.63 Å². The third kappa shape index (κ3) is 1.93. The van der Waals surface area contributed by atoms with Crippen LogP contribution < -0.4 is 0 Å². The van der Waals surface area contributed by atoms with Crippen molar-refractivity contribution in [2.24, 2.45) is 0 Å². The Morgan fingerprint density at radius 2 is 2.43 bits per heavy atom. The number of nitrogens with zero attached hydrogens (tertiary/aromatic N) is 2. The lowest BCUT2D eigenvalue weighted by atomic mass is 10.3. The van der Waals surface area contributed by atoms with Gasteiger partial charge in [-0.1, -0.05) is 6.07 Å². The van der Waals surface area contributed by atoms with Crippen LogP contribution in [0.5, 0.6) is 0 Å². The van der Waals surface area contributed by atoms with Crippen molar-refractivity contribution in [1.29, 1.82) is 0 Å². The van der Waals surface area contributed by atoms with E-state index in [2.05, 4.69) is 20.9 Å². The van der Waals surface area contributed by atoms with Gasteiger partial charge in [0.15, 0.2) is 0 Å². The molecule has 1 saturated heterocycles. The number of halogens is 1. The third-order valence-corrected chi connectivity index (χ3v) is 2.36. The molecule has 1 aromatic heterocycles. The van der Waals surface area contributed by atoms with Crippen LogP contribution in [0.25, 0.3) is 0 Å². The van der Waals surface area contributed by atoms with Crippen LogP contribution in [-0.2, 0) is 4.84 Å². The molecule has 1 aromatic rings. The van der Waals surface area contributed by atoms with Gasteiger partial charge < -0.3 is 0 Å². The summed E-state index contributed by atoms with van der Waals surface area (Å²) in [6.45, 7) is 1.26. The van der Waals surface area contributed by atoms with E-state index in [1.165, 1.54) is 5.06 Å². The first-order valence-electron chi connectivity index (χ1n) is 4.35. The minimum Gasteiger partial charge on any atom is -0.271 e. The maximum absolute atomic E-state index is 11.7. The van der Waals surface area contributed by atoms with Crippen LogP contribution in [-0.4, -0.2) is 29.1 Å². The van der Waals surface area contributed by atoms with E-state index in [-0.39, 0.29) is 5.91 Å². The SMILES string of the molecule is O=C(c1cccc(Br)n1)N1CCCO1. The molecule has 0 saturated carbocycles. The number of rotatable bonds is 1. The molecule has 0 spiro atoms. The second-order valence-electron chi connectivity index (χ2n) is 2.94. The lowest BCUT2D eigenvalue weighted by Crippen LogP contribution is -2.27. The van der Waals surface area contributed by atoms with Crippen molar-refractivity contribution in [2.45, 2.75) is 6.42 Å². The van der Waals surface area contributed by atoms with Crippen molar-refractivity contribution >= 4 is 21.8 Å². The number of amides is 1. The second kappa shape index (κ2) is 4.06. The van der Waals surface area contributed by atoms with Crippen LogP contribution in [0, 0.1) is 0 Å². The van der Waals surface area contributed by atoms with E-state index in [4.69, 9.17) is 4.84 Å². The van der Waals surface area contributed by atoms with E-state index < -0.39 is 0 Å². The number of hydrogen-bond acceptors (Lipinski definition) is 3. The summed E-state index contributed by atoms with van der Waals surface area (Å²) in [7, 11) is 0. The van der Waals surface area contributed by atoms with Crippen molar-refractivity contribution in [1.82, 2.24) is 10.0 Å². The molecule has 14 heavy (non-hydrogen) atoms. The summed E-state index contributed by atoms with van der Waals surface area (Å²) >= 11 is 3.22. The van der Waals surface area contributed by atoms with Gasteiger partial charge in [0.05, 0.1) is 13.2 Å². The van der Waals surface area contributed by atoms with Crippen LogP contribution in [0.2, 0.25) is 0 Å². The molecule has 1 aliphatic heterocycles. The number of hydroxylamine groups is 2. The highest BCUT2D eigenvalue weighted by Gasteiger charge is 2.21. The van der Waals surface area contributed by atoms with Gasteiger partial charge in [0, 0.05) is 0 Å².